The quantitative estimate of drug-likeness (QED) is 0.785. The minimum atomic E-state index is 0.325. The van der Waals surface area contributed by atoms with Crippen molar-refractivity contribution in [2.24, 2.45) is 0 Å². The van der Waals surface area contributed by atoms with E-state index in [1.54, 1.807) is 17.5 Å². The third-order valence-electron chi connectivity index (χ3n) is 4.38. The highest BCUT2D eigenvalue weighted by Crippen LogP contribution is 2.33. The van der Waals surface area contributed by atoms with Gasteiger partial charge in [0.2, 0.25) is 5.95 Å². The monoisotopic (exact) mass is 325 g/mol. The molecule has 1 fully saturated rings. The van der Waals surface area contributed by atoms with Crippen LogP contribution in [0, 0.1) is 0 Å². The zero-order valence-electron chi connectivity index (χ0n) is 13.1. The van der Waals surface area contributed by atoms with Gasteiger partial charge < -0.3 is 15.5 Å². The largest absolute Gasteiger partial charge is 0.369 e. The molecular formula is C17H19N5S. The Hall–Kier alpha value is -2.18. The maximum absolute atomic E-state index is 5.73. The van der Waals surface area contributed by atoms with Crippen LogP contribution in [0.5, 0.6) is 0 Å². The van der Waals surface area contributed by atoms with Crippen LogP contribution in [-0.4, -0.2) is 48.1 Å². The molecule has 2 aromatic heterocycles. The lowest BCUT2D eigenvalue weighted by atomic mass is 10.1. The lowest BCUT2D eigenvalue weighted by molar-refractivity contribution is 0.313. The second-order valence-corrected chi connectivity index (χ2v) is 6.84. The molecule has 4 rings (SSSR count). The van der Waals surface area contributed by atoms with Gasteiger partial charge in [-0.15, -0.1) is 11.3 Å². The summed E-state index contributed by atoms with van der Waals surface area (Å²) in [6.07, 6.45) is 1.80. The number of anilines is 2. The molecule has 0 aliphatic carbocycles. The summed E-state index contributed by atoms with van der Waals surface area (Å²) in [7, 11) is 2.18. The van der Waals surface area contributed by atoms with Crippen LogP contribution in [0.3, 0.4) is 0 Å². The molecule has 5 nitrogen and oxygen atoms in total. The van der Waals surface area contributed by atoms with E-state index >= 15 is 0 Å². The van der Waals surface area contributed by atoms with E-state index in [4.69, 9.17) is 5.73 Å². The van der Waals surface area contributed by atoms with Gasteiger partial charge in [0, 0.05) is 42.8 Å². The average molecular weight is 325 g/mol. The van der Waals surface area contributed by atoms with Crippen molar-refractivity contribution >= 4 is 33.2 Å². The molecule has 0 radical (unpaired) electrons. The first-order chi connectivity index (χ1) is 11.2. The Morgan fingerprint density at radius 3 is 2.57 bits per heavy atom. The second-order valence-electron chi connectivity index (χ2n) is 5.93. The summed E-state index contributed by atoms with van der Waals surface area (Å²) in [6, 6.07) is 8.75. The van der Waals surface area contributed by atoms with Crippen molar-refractivity contribution in [3.05, 3.63) is 35.8 Å². The van der Waals surface area contributed by atoms with Gasteiger partial charge in [-0.3, -0.25) is 0 Å². The molecule has 0 spiro atoms. The number of hydrogen-bond donors (Lipinski definition) is 1. The number of likely N-dealkylation sites (N-methyl/N-ethyl adjacent to an activating group) is 1. The molecule has 2 N–H and O–H groups in total. The molecule has 0 saturated carbocycles. The van der Waals surface area contributed by atoms with Crippen molar-refractivity contribution in [2.45, 2.75) is 0 Å². The van der Waals surface area contributed by atoms with Crippen LogP contribution >= 0.6 is 11.3 Å². The van der Waals surface area contributed by atoms with Crippen LogP contribution in [-0.2, 0) is 0 Å². The standard InChI is InChI=1S/C17H19N5S/c1-21-6-8-22(9-7-21)13-4-2-12(3-5-13)14-11-23-15-10-19-17(18)20-16(14)15/h2-5,10-11H,6-9H2,1H3,(H2,18,19,20). The molecule has 1 saturated heterocycles. The molecule has 23 heavy (non-hydrogen) atoms. The van der Waals surface area contributed by atoms with E-state index in [0.717, 1.165) is 42.0 Å². The minimum Gasteiger partial charge on any atom is -0.369 e. The van der Waals surface area contributed by atoms with Crippen LogP contribution in [0.15, 0.2) is 35.8 Å². The number of hydrogen-bond acceptors (Lipinski definition) is 6. The Kier molecular flexibility index (Phi) is 3.63. The Balaban J connectivity index is 1.63. The van der Waals surface area contributed by atoms with Crippen molar-refractivity contribution in [1.29, 1.82) is 0 Å². The number of nitrogens with two attached hydrogens (primary N) is 1. The molecule has 6 heteroatoms. The minimum absolute atomic E-state index is 0.325. The lowest BCUT2D eigenvalue weighted by Crippen LogP contribution is -2.44. The van der Waals surface area contributed by atoms with Gasteiger partial charge in [-0.1, -0.05) is 12.1 Å². The summed E-state index contributed by atoms with van der Waals surface area (Å²) in [5.41, 5.74) is 10.3. The van der Waals surface area contributed by atoms with E-state index < -0.39 is 0 Å². The Morgan fingerprint density at radius 2 is 1.83 bits per heavy atom. The topological polar surface area (TPSA) is 58.3 Å². The van der Waals surface area contributed by atoms with Crippen molar-refractivity contribution in [3.63, 3.8) is 0 Å². The second kappa shape index (κ2) is 5.79. The van der Waals surface area contributed by atoms with Crippen LogP contribution < -0.4 is 10.6 Å². The highest BCUT2D eigenvalue weighted by atomic mass is 32.1. The molecule has 0 atom stereocenters. The summed E-state index contributed by atoms with van der Waals surface area (Å²) in [5.74, 6) is 0.325. The van der Waals surface area contributed by atoms with Gasteiger partial charge in [-0.05, 0) is 24.7 Å². The normalized spacial score (nSPS) is 16.1. The average Bonchev–Trinajstić information content (AvgIpc) is 2.99. The fourth-order valence-electron chi connectivity index (χ4n) is 2.96. The van der Waals surface area contributed by atoms with Crippen molar-refractivity contribution in [3.8, 4) is 11.1 Å². The van der Waals surface area contributed by atoms with Gasteiger partial charge in [-0.25, -0.2) is 9.97 Å². The summed E-state index contributed by atoms with van der Waals surface area (Å²) in [6.45, 7) is 4.40. The zero-order valence-corrected chi connectivity index (χ0v) is 13.9. The van der Waals surface area contributed by atoms with E-state index in [9.17, 15) is 0 Å². The fourth-order valence-corrected chi connectivity index (χ4v) is 3.84. The summed E-state index contributed by atoms with van der Waals surface area (Å²) < 4.78 is 1.07. The number of rotatable bonds is 2. The van der Waals surface area contributed by atoms with Crippen LogP contribution in [0.4, 0.5) is 11.6 Å². The molecule has 0 unspecified atom stereocenters. The molecule has 1 aliphatic rings. The molecule has 118 valence electrons. The highest BCUT2D eigenvalue weighted by Gasteiger charge is 2.15. The molecular weight excluding hydrogens is 306 g/mol. The first kappa shape index (κ1) is 14.4. The third kappa shape index (κ3) is 2.75. The number of aromatic nitrogens is 2. The SMILES string of the molecule is CN1CCN(c2ccc(-c3csc4cnc(N)nc34)cc2)CC1. The Morgan fingerprint density at radius 1 is 1.09 bits per heavy atom. The highest BCUT2D eigenvalue weighted by molar-refractivity contribution is 7.17. The van der Waals surface area contributed by atoms with Gasteiger partial charge >= 0.3 is 0 Å². The molecule has 3 heterocycles. The molecule has 1 aromatic carbocycles. The predicted molar refractivity (Wildman–Crippen MR) is 97.0 cm³/mol. The van der Waals surface area contributed by atoms with Gasteiger partial charge in [0.25, 0.3) is 0 Å². The van der Waals surface area contributed by atoms with E-state index in [0.29, 0.717) is 5.95 Å². The molecule has 0 bridgehead atoms. The smallest absolute Gasteiger partial charge is 0.220 e. The first-order valence-electron chi connectivity index (χ1n) is 7.74. The number of piperazine rings is 1. The lowest BCUT2D eigenvalue weighted by Gasteiger charge is -2.34. The Labute approximate surface area is 139 Å². The van der Waals surface area contributed by atoms with Gasteiger partial charge in [-0.2, -0.15) is 0 Å². The summed E-state index contributed by atoms with van der Waals surface area (Å²) in [5, 5.41) is 2.13. The van der Waals surface area contributed by atoms with E-state index in [1.165, 1.54) is 11.3 Å². The number of fused-ring (bicyclic) bond motifs is 1. The Bertz CT molecular complexity index is 819. The first-order valence-corrected chi connectivity index (χ1v) is 8.62. The van der Waals surface area contributed by atoms with Gasteiger partial charge in [0.15, 0.2) is 0 Å². The molecule has 1 aliphatic heterocycles. The summed E-state index contributed by atoms with van der Waals surface area (Å²) in [4.78, 5) is 13.3. The maximum atomic E-state index is 5.73. The number of nitrogens with zero attached hydrogens (tertiary/aromatic N) is 4. The van der Waals surface area contributed by atoms with Crippen LogP contribution in [0.1, 0.15) is 0 Å². The van der Waals surface area contributed by atoms with Crippen molar-refractivity contribution in [1.82, 2.24) is 14.9 Å². The van der Waals surface area contributed by atoms with Gasteiger partial charge in [0.1, 0.15) is 0 Å². The molecule has 3 aromatic rings. The van der Waals surface area contributed by atoms with Gasteiger partial charge in [0.05, 0.1) is 16.4 Å². The van der Waals surface area contributed by atoms with E-state index in [2.05, 4.69) is 56.5 Å². The number of thiophene rings is 1. The van der Waals surface area contributed by atoms with Crippen LogP contribution in [0.2, 0.25) is 0 Å². The number of nitrogen functional groups attached to an aromatic ring is 1. The van der Waals surface area contributed by atoms with E-state index in [1.807, 2.05) is 0 Å². The fraction of sp³-hybridized carbons (Fsp3) is 0.294. The third-order valence-corrected chi connectivity index (χ3v) is 5.29. The molecule has 0 amide bonds. The number of benzene rings is 1. The van der Waals surface area contributed by atoms with E-state index in [-0.39, 0.29) is 0 Å². The van der Waals surface area contributed by atoms with Crippen LogP contribution in [0.25, 0.3) is 21.3 Å². The summed E-state index contributed by atoms with van der Waals surface area (Å²) >= 11 is 1.65. The maximum Gasteiger partial charge on any atom is 0.220 e. The zero-order chi connectivity index (χ0) is 15.8. The predicted octanol–water partition coefficient (Wildman–Crippen LogP) is 2.69. The van der Waals surface area contributed by atoms with Crippen molar-refractivity contribution < 1.29 is 0 Å². The van der Waals surface area contributed by atoms with Crippen molar-refractivity contribution in [2.75, 3.05) is 43.9 Å².